The van der Waals surface area contributed by atoms with Crippen molar-refractivity contribution in [2.45, 2.75) is 25.8 Å². The van der Waals surface area contributed by atoms with E-state index in [9.17, 15) is 4.79 Å². The van der Waals surface area contributed by atoms with E-state index in [4.69, 9.17) is 9.52 Å². The molecule has 0 aliphatic carbocycles. The second kappa shape index (κ2) is 6.36. The normalized spacial score (nSPS) is 18.2. The van der Waals surface area contributed by atoms with E-state index in [-0.39, 0.29) is 12.0 Å². The van der Waals surface area contributed by atoms with Gasteiger partial charge in [-0.2, -0.15) is 0 Å². The van der Waals surface area contributed by atoms with E-state index in [0.29, 0.717) is 12.8 Å². The maximum absolute atomic E-state index is 11.1. The summed E-state index contributed by atoms with van der Waals surface area (Å²) in [4.78, 5) is 13.5. The summed E-state index contributed by atoms with van der Waals surface area (Å²) in [6.07, 6.45) is 3.08. The number of likely N-dealkylation sites (tertiary alicyclic amines) is 1. The van der Waals surface area contributed by atoms with Crippen molar-refractivity contribution < 1.29 is 14.3 Å². The number of piperidine rings is 1. The first-order chi connectivity index (χ1) is 10.6. The quantitative estimate of drug-likeness (QED) is 0.939. The van der Waals surface area contributed by atoms with Gasteiger partial charge in [-0.25, -0.2) is 0 Å². The molecule has 22 heavy (non-hydrogen) atoms. The highest BCUT2D eigenvalue weighted by atomic mass is 16.4. The molecule has 1 atom stereocenters. The van der Waals surface area contributed by atoms with Crippen LogP contribution in [0, 0.1) is 12.8 Å². The van der Waals surface area contributed by atoms with Gasteiger partial charge >= 0.3 is 5.97 Å². The predicted molar refractivity (Wildman–Crippen MR) is 83.7 cm³/mol. The van der Waals surface area contributed by atoms with Gasteiger partial charge in [-0.3, -0.25) is 9.69 Å². The zero-order chi connectivity index (χ0) is 15.5. The zero-order valence-corrected chi connectivity index (χ0v) is 12.7. The van der Waals surface area contributed by atoms with E-state index in [0.717, 1.165) is 18.8 Å². The number of carbonyl (C=O) groups is 1. The van der Waals surface area contributed by atoms with Gasteiger partial charge in [-0.05, 0) is 50.6 Å². The summed E-state index contributed by atoms with van der Waals surface area (Å²) in [5.74, 6) is 0.0233. The van der Waals surface area contributed by atoms with Crippen LogP contribution in [0.4, 0.5) is 0 Å². The first kappa shape index (κ1) is 14.9. The molecule has 1 saturated heterocycles. The molecule has 0 saturated carbocycles. The Balaban J connectivity index is 1.86. The maximum atomic E-state index is 11.1. The third kappa shape index (κ3) is 3.07. The molecule has 4 heteroatoms. The van der Waals surface area contributed by atoms with E-state index in [1.54, 1.807) is 6.26 Å². The molecular weight excluding hydrogens is 278 g/mol. The largest absolute Gasteiger partial charge is 0.481 e. The Morgan fingerprint density at radius 1 is 1.27 bits per heavy atom. The molecule has 1 aromatic carbocycles. The summed E-state index contributed by atoms with van der Waals surface area (Å²) in [6.45, 7) is 3.63. The second-order valence-corrected chi connectivity index (χ2v) is 5.98. The fourth-order valence-electron chi connectivity index (χ4n) is 3.25. The van der Waals surface area contributed by atoms with Crippen LogP contribution in [-0.4, -0.2) is 29.1 Å². The Morgan fingerprint density at radius 2 is 2.05 bits per heavy atom. The minimum absolute atomic E-state index is 0.0599. The number of nitrogens with zero attached hydrogens (tertiary/aromatic N) is 1. The van der Waals surface area contributed by atoms with E-state index >= 15 is 0 Å². The fourth-order valence-corrected chi connectivity index (χ4v) is 3.25. The van der Waals surface area contributed by atoms with Crippen LogP contribution in [0.15, 0.2) is 47.1 Å². The van der Waals surface area contributed by atoms with Gasteiger partial charge in [0, 0.05) is 0 Å². The highest BCUT2D eigenvalue weighted by molar-refractivity contribution is 5.70. The highest BCUT2D eigenvalue weighted by Crippen LogP contribution is 2.33. The third-order valence-corrected chi connectivity index (χ3v) is 4.41. The molecule has 0 bridgehead atoms. The number of benzene rings is 1. The Labute approximate surface area is 130 Å². The molecular formula is C18H21NO3. The van der Waals surface area contributed by atoms with Crippen LogP contribution in [0.25, 0.3) is 0 Å². The first-order valence-corrected chi connectivity index (χ1v) is 7.72. The van der Waals surface area contributed by atoms with Crippen molar-refractivity contribution in [2.24, 2.45) is 5.92 Å². The topological polar surface area (TPSA) is 53.7 Å². The molecule has 0 amide bonds. The fraction of sp³-hybridized carbons (Fsp3) is 0.389. The molecule has 4 nitrogen and oxygen atoms in total. The lowest BCUT2D eigenvalue weighted by Crippen LogP contribution is -2.39. The number of carboxylic acid groups (broad SMARTS) is 1. The molecule has 3 rings (SSSR count). The van der Waals surface area contributed by atoms with Gasteiger partial charge in [0.1, 0.15) is 5.76 Å². The molecule has 1 fully saturated rings. The number of furan rings is 1. The number of carboxylic acids is 1. The van der Waals surface area contributed by atoms with Gasteiger partial charge in [0.05, 0.1) is 18.2 Å². The minimum Gasteiger partial charge on any atom is -0.481 e. The van der Waals surface area contributed by atoms with Crippen molar-refractivity contribution in [3.63, 3.8) is 0 Å². The predicted octanol–water partition coefficient (Wildman–Crippen LogP) is 3.47. The smallest absolute Gasteiger partial charge is 0.306 e. The number of hydrogen-bond acceptors (Lipinski definition) is 3. The number of aliphatic carboxylic acids is 1. The lowest BCUT2D eigenvalue weighted by Gasteiger charge is -2.35. The summed E-state index contributed by atoms with van der Waals surface area (Å²) >= 11 is 0. The van der Waals surface area contributed by atoms with E-state index < -0.39 is 5.97 Å². The summed E-state index contributed by atoms with van der Waals surface area (Å²) in [5, 5.41) is 9.16. The van der Waals surface area contributed by atoms with Crippen LogP contribution in [-0.2, 0) is 4.79 Å². The molecule has 1 N–H and O–H groups in total. The van der Waals surface area contributed by atoms with Crippen LogP contribution >= 0.6 is 0 Å². The molecule has 116 valence electrons. The standard InChI is InChI=1S/C18H21NO3/c1-13-4-2-5-15(12-13)17(16-6-3-11-22-16)19-9-7-14(8-10-19)18(20)21/h2-6,11-12,14,17H,7-10H2,1H3,(H,20,21). The van der Waals surface area contributed by atoms with Gasteiger partial charge in [-0.15, -0.1) is 0 Å². The van der Waals surface area contributed by atoms with Crippen molar-refractivity contribution >= 4 is 5.97 Å². The zero-order valence-electron chi connectivity index (χ0n) is 12.7. The average Bonchev–Trinajstić information content (AvgIpc) is 3.02. The molecule has 1 aliphatic heterocycles. The molecule has 1 aromatic heterocycles. The molecule has 1 aliphatic rings. The lowest BCUT2D eigenvalue weighted by atomic mass is 9.93. The third-order valence-electron chi connectivity index (χ3n) is 4.41. The van der Waals surface area contributed by atoms with Crippen molar-refractivity contribution in [3.8, 4) is 0 Å². The number of rotatable bonds is 4. The van der Waals surface area contributed by atoms with Crippen molar-refractivity contribution in [2.75, 3.05) is 13.1 Å². The van der Waals surface area contributed by atoms with Gasteiger partial charge in [0.25, 0.3) is 0 Å². The Kier molecular flexibility index (Phi) is 4.29. The van der Waals surface area contributed by atoms with Gasteiger partial charge in [0.15, 0.2) is 0 Å². The van der Waals surface area contributed by atoms with E-state index in [1.807, 2.05) is 12.1 Å². The van der Waals surface area contributed by atoms with Gasteiger partial charge < -0.3 is 9.52 Å². The summed E-state index contributed by atoms with van der Waals surface area (Å²) in [7, 11) is 0. The summed E-state index contributed by atoms with van der Waals surface area (Å²) in [5.41, 5.74) is 2.42. The van der Waals surface area contributed by atoms with Crippen LogP contribution in [0.1, 0.15) is 35.8 Å². The van der Waals surface area contributed by atoms with Crippen molar-refractivity contribution in [3.05, 3.63) is 59.5 Å². The minimum atomic E-state index is -0.676. The number of aryl methyl sites for hydroxylation is 1. The van der Waals surface area contributed by atoms with Crippen LogP contribution < -0.4 is 0 Å². The molecule has 0 spiro atoms. The monoisotopic (exact) mass is 299 g/mol. The first-order valence-electron chi connectivity index (χ1n) is 7.72. The van der Waals surface area contributed by atoms with Gasteiger partial charge in [-0.1, -0.05) is 29.8 Å². The molecule has 0 radical (unpaired) electrons. The van der Waals surface area contributed by atoms with Gasteiger partial charge in [0.2, 0.25) is 0 Å². The SMILES string of the molecule is Cc1cccc(C(c2ccco2)N2CCC(C(=O)O)CC2)c1. The Morgan fingerprint density at radius 3 is 2.64 bits per heavy atom. The van der Waals surface area contributed by atoms with Crippen molar-refractivity contribution in [1.29, 1.82) is 0 Å². The number of hydrogen-bond donors (Lipinski definition) is 1. The average molecular weight is 299 g/mol. The Bertz CT molecular complexity index is 628. The van der Waals surface area contributed by atoms with Crippen LogP contribution in [0.2, 0.25) is 0 Å². The van der Waals surface area contributed by atoms with Crippen LogP contribution in [0.3, 0.4) is 0 Å². The molecule has 1 unspecified atom stereocenters. The maximum Gasteiger partial charge on any atom is 0.306 e. The molecule has 2 heterocycles. The Hall–Kier alpha value is -2.07. The van der Waals surface area contributed by atoms with Crippen molar-refractivity contribution in [1.82, 2.24) is 4.90 Å². The summed E-state index contributed by atoms with van der Waals surface area (Å²) < 4.78 is 5.66. The summed E-state index contributed by atoms with van der Waals surface area (Å²) in [6, 6.07) is 12.4. The van der Waals surface area contributed by atoms with E-state index in [1.165, 1.54) is 11.1 Å². The second-order valence-electron chi connectivity index (χ2n) is 5.98. The molecule has 2 aromatic rings. The van der Waals surface area contributed by atoms with E-state index in [2.05, 4.69) is 36.1 Å². The van der Waals surface area contributed by atoms with Crippen LogP contribution in [0.5, 0.6) is 0 Å². The highest BCUT2D eigenvalue weighted by Gasteiger charge is 2.31. The lowest BCUT2D eigenvalue weighted by molar-refractivity contribution is -0.143.